The number of carbonyl (C=O) groups is 1. The molecule has 0 bridgehead atoms. The van der Waals surface area contributed by atoms with Gasteiger partial charge in [0.15, 0.2) is 11.5 Å². The molecule has 0 saturated carbocycles. The molecule has 1 aromatic heterocycles. The van der Waals surface area contributed by atoms with Crippen LogP contribution in [0.3, 0.4) is 0 Å². The van der Waals surface area contributed by atoms with E-state index in [1.54, 1.807) is 0 Å². The second-order valence-corrected chi connectivity index (χ2v) is 6.09. The number of nitrogens with one attached hydrogen (secondary N) is 1. The normalized spacial score (nSPS) is 12.5. The van der Waals surface area contributed by atoms with E-state index >= 15 is 0 Å². The Balaban J connectivity index is 1.34. The van der Waals surface area contributed by atoms with Gasteiger partial charge in [0.05, 0.1) is 18.3 Å². The van der Waals surface area contributed by atoms with E-state index < -0.39 is 0 Å². The molecule has 2 heterocycles. The first-order valence-electron chi connectivity index (χ1n) is 8.27. The molecule has 0 fully saturated rings. The molecule has 0 aliphatic carbocycles. The molecule has 0 saturated heterocycles. The molecule has 0 radical (unpaired) electrons. The highest BCUT2D eigenvalue weighted by Crippen LogP contribution is 2.32. The molecular weight excluding hydrogens is 318 g/mol. The Kier molecular flexibility index (Phi) is 4.01. The van der Waals surface area contributed by atoms with Gasteiger partial charge in [0, 0.05) is 18.4 Å². The maximum Gasteiger partial charge on any atom is 0.231 e. The maximum atomic E-state index is 12.1. The van der Waals surface area contributed by atoms with Crippen LogP contribution in [-0.4, -0.2) is 22.5 Å². The van der Waals surface area contributed by atoms with E-state index in [2.05, 4.69) is 23.4 Å². The maximum absolute atomic E-state index is 12.1. The van der Waals surface area contributed by atoms with Crippen molar-refractivity contribution in [2.24, 2.45) is 0 Å². The van der Waals surface area contributed by atoms with Crippen LogP contribution in [0.1, 0.15) is 17.5 Å². The van der Waals surface area contributed by atoms with Gasteiger partial charge < -0.3 is 14.8 Å². The van der Waals surface area contributed by atoms with Crippen molar-refractivity contribution in [1.82, 2.24) is 15.1 Å². The lowest BCUT2D eigenvalue weighted by molar-refractivity contribution is -0.121. The third-order valence-corrected chi connectivity index (χ3v) is 4.38. The summed E-state index contributed by atoms with van der Waals surface area (Å²) in [6, 6.07) is 11.8. The Morgan fingerprint density at radius 2 is 2.12 bits per heavy atom. The number of benzene rings is 2. The molecule has 6 heteroatoms. The van der Waals surface area contributed by atoms with Crippen LogP contribution in [0.2, 0.25) is 0 Å². The summed E-state index contributed by atoms with van der Waals surface area (Å²) in [5.41, 5.74) is 3.23. The Bertz CT molecular complexity index is 933. The van der Waals surface area contributed by atoms with Crippen LogP contribution in [-0.2, 0) is 17.9 Å². The molecule has 25 heavy (non-hydrogen) atoms. The van der Waals surface area contributed by atoms with E-state index in [1.165, 1.54) is 5.56 Å². The standard InChI is InChI=1S/C19H19N3O3/c1-13-3-2-4-16-15(13)11-21-22(16)8-7-19(23)20-10-14-5-6-17-18(9-14)25-12-24-17/h2-6,9,11H,7-8,10,12H2,1H3,(H,20,23). The number of aryl methyl sites for hydroxylation is 2. The molecule has 0 spiro atoms. The van der Waals surface area contributed by atoms with Gasteiger partial charge in [-0.2, -0.15) is 5.10 Å². The minimum atomic E-state index is -0.00558. The van der Waals surface area contributed by atoms with Crippen molar-refractivity contribution < 1.29 is 14.3 Å². The Morgan fingerprint density at radius 1 is 1.24 bits per heavy atom. The van der Waals surface area contributed by atoms with Crippen molar-refractivity contribution in [2.75, 3.05) is 6.79 Å². The Labute approximate surface area is 145 Å². The summed E-state index contributed by atoms with van der Waals surface area (Å²) in [4.78, 5) is 12.1. The monoisotopic (exact) mass is 337 g/mol. The Hall–Kier alpha value is -3.02. The number of hydrogen-bond acceptors (Lipinski definition) is 4. The van der Waals surface area contributed by atoms with Crippen LogP contribution in [0.15, 0.2) is 42.6 Å². The third kappa shape index (κ3) is 3.15. The molecule has 0 unspecified atom stereocenters. The van der Waals surface area contributed by atoms with E-state index in [9.17, 15) is 4.79 Å². The molecule has 1 N–H and O–H groups in total. The molecule has 1 amide bonds. The van der Waals surface area contributed by atoms with Crippen molar-refractivity contribution in [3.63, 3.8) is 0 Å². The second kappa shape index (κ2) is 6.47. The smallest absolute Gasteiger partial charge is 0.231 e. The molecule has 2 aromatic carbocycles. The van der Waals surface area contributed by atoms with Crippen LogP contribution in [0, 0.1) is 6.92 Å². The number of rotatable bonds is 5. The largest absolute Gasteiger partial charge is 0.454 e. The van der Waals surface area contributed by atoms with E-state index in [4.69, 9.17) is 9.47 Å². The number of ether oxygens (including phenoxy) is 2. The zero-order valence-corrected chi connectivity index (χ0v) is 14.0. The van der Waals surface area contributed by atoms with Crippen LogP contribution >= 0.6 is 0 Å². The topological polar surface area (TPSA) is 65.4 Å². The average molecular weight is 337 g/mol. The number of nitrogens with zero attached hydrogens (tertiary/aromatic N) is 2. The van der Waals surface area contributed by atoms with Crippen LogP contribution in [0.5, 0.6) is 11.5 Å². The zero-order valence-electron chi connectivity index (χ0n) is 14.0. The van der Waals surface area contributed by atoms with Gasteiger partial charge in [0.25, 0.3) is 0 Å². The quantitative estimate of drug-likeness (QED) is 0.777. The van der Waals surface area contributed by atoms with Gasteiger partial charge in [0.1, 0.15) is 0 Å². The molecule has 1 aliphatic rings. The lowest BCUT2D eigenvalue weighted by Gasteiger charge is -2.07. The van der Waals surface area contributed by atoms with E-state index in [1.807, 2.05) is 41.2 Å². The van der Waals surface area contributed by atoms with Gasteiger partial charge in [-0.05, 0) is 36.2 Å². The molecule has 128 valence electrons. The van der Waals surface area contributed by atoms with Crippen LogP contribution in [0.25, 0.3) is 10.9 Å². The van der Waals surface area contributed by atoms with Gasteiger partial charge >= 0.3 is 0 Å². The van der Waals surface area contributed by atoms with Gasteiger partial charge in [-0.15, -0.1) is 0 Å². The third-order valence-electron chi connectivity index (χ3n) is 4.38. The molecule has 4 rings (SSSR count). The summed E-state index contributed by atoms with van der Waals surface area (Å²) < 4.78 is 12.5. The molecule has 0 atom stereocenters. The predicted octanol–water partition coefficient (Wildman–Crippen LogP) is 2.78. The van der Waals surface area contributed by atoms with Gasteiger partial charge in [0.2, 0.25) is 12.7 Å². The average Bonchev–Trinajstić information content (AvgIpc) is 3.25. The number of fused-ring (bicyclic) bond motifs is 2. The summed E-state index contributed by atoms with van der Waals surface area (Å²) >= 11 is 0. The highest BCUT2D eigenvalue weighted by molar-refractivity contribution is 5.82. The van der Waals surface area contributed by atoms with Crippen LogP contribution < -0.4 is 14.8 Å². The van der Waals surface area contributed by atoms with Gasteiger partial charge in [-0.1, -0.05) is 18.2 Å². The fraction of sp³-hybridized carbons (Fsp3) is 0.263. The van der Waals surface area contributed by atoms with Gasteiger partial charge in [-0.25, -0.2) is 0 Å². The lowest BCUT2D eigenvalue weighted by Crippen LogP contribution is -2.24. The van der Waals surface area contributed by atoms with Crippen molar-refractivity contribution in [2.45, 2.75) is 26.4 Å². The summed E-state index contributed by atoms with van der Waals surface area (Å²) in [6.07, 6.45) is 2.24. The summed E-state index contributed by atoms with van der Waals surface area (Å²) in [7, 11) is 0. The number of aromatic nitrogens is 2. The summed E-state index contributed by atoms with van der Waals surface area (Å²) in [6.45, 7) is 3.34. The molecule has 1 aliphatic heterocycles. The molecular formula is C19H19N3O3. The van der Waals surface area contributed by atoms with E-state index in [0.29, 0.717) is 19.5 Å². The van der Waals surface area contributed by atoms with Crippen molar-refractivity contribution in [1.29, 1.82) is 0 Å². The van der Waals surface area contributed by atoms with E-state index in [0.717, 1.165) is 28.0 Å². The van der Waals surface area contributed by atoms with Crippen molar-refractivity contribution in [3.05, 3.63) is 53.7 Å². The minimum absolute atomic E-state index is 0.00558. The predicted molar refractivity (Wildman–Crippen MR) is 93.5 cm³/mol. The fourth-order valence-corrected chi connectivity index (χ4v) is 2.97. The van der Waals surface area contributed by atoms with E-state index in [-0.39, 0.29) is 12.7 Å². The second-order valence-electron chi connectivity index (χ2n) is 6.09. The Morgan fingerprint density at radius 3 is 3.04 bits per heavy atom. The molecule has 6 nitrogen and oxygen atoms in total. The number of carbonyl (C=O) groups excluding carboxylic acids is 1. The summed E-state index contributed by atoms with van der Waals surface area (Å²) in [5, 5.41) is 8.46. The number of amides is 1. The first-order chi connectivity index (χ1) is 12.2. The number of hydrogen-bond donors (Lipinski definition) is 1. The lowest BCUT2D eigenvalue weighted by atomic mass is 10.1. The minimum Gasteiger partial charge on any atom is -0.454 e. The first kappa shape index (κ1) is 15.5. The highest BCUT2D eigenvalue weighted by Gasteiger charge is 2.13. The fourth-order valence-electron chi connectivity index (χ4n) is 2.97. The molecule has 3 aromatic rings. The summed E-state index contributed by atoms with van der Waals surface area (Å²) in [5.74, 6) is 1.47. The van der Waals surface area contributed by atoms with Crippen molar-refractivity contribution in [3.8, 4) is 11.5 Å². The zero-order chi connectivity index (χ0) is 17.2. The van der Waals surface area contributed by atoms with Crippen molar-refractivity contribution >= 4 is 16.8 Å². The highest BCUT2D eigenvalue weighted by atomic mass is 16.7. The van der Waals surface area contributed by atoms with Crippen LogP contribution in [0.4, 0.5) is 0 Å². The SMILES string of the molecule is Cc1cccc2c1cnn2CCC(=O)NCc1ccc2c(c1)OCO2. The van der Waals surface area contributed by atoms with Gasteiger partial charge in [-0.3, -0.25) is 9.48 Å². The first-order valence-corrected chi connectivity index (χ1v) is 8.27.